The minimum Gasteiger partial charge on any atom is -0.368 e. The van der Waals surface area contributed by atoms with Crippen LogP contribution in [0.1, 0.15) is 42.9 Å². The molecule has 3 rings (SSSR count). The Morgan fingerprint density at radius 2 is 1.81 bits per heavy atom. The van der Waals surface area contributed by atoms with Crippen LogP contribution in [0.2, 0.25) is 0 Å². The zero-order chi connectivity index (χ0) is 23.3. The van der Waals surface area contributed by atoms with Crippen LogP contribution in [0.4, 0.5) is 11.4 Å². The third kappa shape index (κ3) is 6.25. The zero-order valence-electron chi connectivity index (χ0n) is 19.6. The van der Waals surface area contributed by atoms with Crippen molar-refractivity contribution < 1.29 is 13.2 Å². The normalized spacial score (nSPS) is 15.5. The van der Waals surface area contributed by atoms with Crippen LogP contribution in [-0.2, 0) is 21.2 Å². The van der Waals surface area contributed by atoms with Gasteiger partial charge in [-0.05, 0) is 74.9 Å². The summed E-state index contributed by atoms with van der Waals surface area (Å²) in [6.45, 7) is 7.96. The Kier molecular flexibility index (Phi) is 7.82. The van der Waals surface area contributed by atoms with E-state index in [-0.39, 0.29) is 12.5 Å². The fourth-order valence-electron chi connectivity index (χ4n) is 4.50. The lowest BCUT2D eigenvalue weighted by Gasteiger charge is -2.25. The number of hydrogen-bond donors (Lipinski definition) is 1. The molecule has 1 aliphatic rings. The molecule has 0 saturated heterocycles. The summed E-state index contributed by atoms with van der Waals surface area (Å²) in [5.41, 5.74) is 5.38. The highest BCUT2D eigenvalue weighted by atomic mass is 32.2. The first kappa shape index (κ1) is 24.1. The maximum Gasteiger partial charge on any atom is 0.232 e. The van der Waals surface area contributed by atoms with Gasteiger partial charge in [-0.2, -0.15) is 0 Å². The summed E-state index contributed by atoms with van der Waals surface area (Å²) >= 11 is 0. The number of nitrogens with zero attached hydrogens (tertiary/aromatic N) is 2. The van der Waals surface area contributed by atoms with E-state index in [1.54, 1.807) is 0 Å². The summed E-state index contributed by atoms with van der Waals surface area (Å²) in [5.74, 6) is -0.0336. The summed E-state index contributed by atoms with van der Waals surface area (Å²) in [6, 6.07) is 14.7. The van der Waals surface area contributed by atoms with Gasteiger partial charge in [-0.1, -0.05) is 24.3 Å². The molecule has 0 fully saturated rings. The first-order valence-electron chi connectivity index (χ1n) is 11.3. The number of sulfonamides is 1. The molecule has 2 aromatic rings. The number of para-hydroxylation sites is 1. The lowest BCUT2D eigenvalue weighted by atomic mass is 10.1. The fourth-order valence-corrected chi connectivity index (χ4v) is 5.45. The molecule has 2 aromatic carbocycles. The van der Waals surface area contributed by atoms with E-state index in [1.807, 2.05) is 32.0 Å². The number of fused-ring (bicyclic) bond motifs is 1. The van der Waals surface area contributed by atoms with Crippen molar-refractivity contribution in [2.75, 3.05) is 35.1 Å². The van der Waals surface area contributed by atoms with E-state index in [4.69, 9.17) is 0 Å². The number of carbonyl (C=O) groups excluding carboxylic acids is 1. The van der Waals surface area contributed by atoms with Gasteiger partial charge in [0.15, 0.2) is 0 Å². The molecule has 0 saturated carbocycles. The molecule has 0 unspecified atom stereocenters. The first-order valence-corrected chi connectivity index (χ1v) is 13.2. The number of nitrogens with one attached hydrogen (secondary N) is 1. The molecule has 1 atom stereocenters. The number of carbonyl (C=O) groups is 1. The predicted molar refractivity (Wildman–Crippen MR) is 132 cm³/mol. The number of benzene rings is 2. The van der Waals surface area contributed by atoms with Crippen molar-refractivity contribution >= 4 is 27.3 Å². The van der Waals surface area contributed by atoms with Gasteiger partial charge in [0.1, 0.15) is 0 Å². The van der Waals surface area contributed by atoms with E-state index in [0.717, 1.165) is 30.5 Å². The van der Waals surface area contributed by atoms with E-state index in [2.05, 4.69) is 41.4 Å². The second kappa shape index (κ2) is 10.4. The number of amides is 1. The van der Waals surface area contributed by atoms with Crippen molar-refractivity contribution in [2.24, 2.45) is 0 Å². The molecule has 174 valence electrons. The molecule has 0 spiro atoms. The Labute approximate surface area is 192 Å². The molecule has 7 heteroatoms. The summed E-state index contributed by atoms with van der Waals surface area (Å²) in [5, 5.41) is 2.98. The minimum atomic E-state index is -3.41. The molecular weight excluding hydrogens is 422 g/mol. The number of hydrogen-bond acceptors (Lipinski definition) is 4. The maximum absolute atomic E-state index is 12.3. The summed E-state index contributed by atoms with van der Waals surface area (Å²) in [7, 11) is -3.41. The Bertz CT molecular complexity index is 1030. The van der Waals surface area contributed by atoms with E-state index >= 15 is 0 Å². The minimum absolute atomic E-state index is 0.0336. The van der Waals surface area contributed by atoms with Gasteiger partial charge in [-0.15, -0.1) is 0 Å². The maximum atomic E-state index is 12.3. The van der Waals surface area contributed by atoms with Crippen molar-refractivity contribution in [3.05, 3.63) is 59.2 Å². The monoisotopic (exact) mass is 457 g/mol. The molecule has 32 heavy (non-hydrogen) atoms. The molecule has 0 aliphatic carbocycles. The Morgan fingerprint density at radius 1 is 1.12 bits per heavy atom. The average molecular weight is 458 g/mol. The topological polar surface area (TPSA) is 69.7 Å². The molecule has 0 radical (unpaired) electrons. The molecule has 1 N–H and O–H groups in total. The van der Waals surface area contributed by atoms with Gasteiger partial charge >= 0.3 is 0 Å². The van der Waals surface area contributed by atoms with Crippen molar-refractivity contribution in [3.63, 3.8) is 0 Å². The van der Waals surface area contributed by atoms with E-state index in [1.165, 1.54) is 21.8 Å². The second-order valence-corrected chi connectivity index (χ2v) is 10.8. The zero-order valence-corrected chi connectivity index (χ0v) is 20.4. The Hall–Kier alpha value is -2.54. The Morgan fingerprint density at radius 3 is 2.50 bits per heavy atom. The SMILES string of the molecule is Cc1cc(C)cc(N(CCCC(=O)NCCCN2c3ccccc3C[C@H]2C)S(C)(=O)=O)c1. The molecule has 6 nitrogen and oxygen atoms in total. The van der Waals surface area contributed by atoms with E-state index < -0.39 is 10.0 Å². The van der Waals surface area contributed by atoms with Gasteiger partial charge in [-0.25, -0.2) is 8.42 Å². The highest BCUT2D eigenvalue weighted by Crippen LogP contribution is 2.31. The smallest absolute Gasteiger partial charge is 0.232 e. The summed E-state index contributed by atoms with van der Waals surface area (Å²) in [6.07, 6.45) is 3.94. The predicted octanol–water partition coefficient (Wildman–Crippen LogP) is 3.81. The third-order valence-corrected chi connectivity index (χ3v) is 7.10. The van der Waals surface area contributed by atoms with Gasteiger partial charge in [-0.3, -0.25) is 9.10 Å². The molecule has 0 bridgehead atoms. The van der Waals surface area contributed by atoms with Gasteiger partial charge < -0.3 is 10.2 Å². The van der Waals surface area contributed by atoms with Crippen LogP contribution in [0.3, 0.4) is 0 Å². The highest BCUT2D eigenvalue weighted by Gasteiger charge is 2.24. The molecule has 1 amide bonds. The van der Waals surface area contributed by atoms with Gasteiger partial charge in [0.05, 0.1) is 11.9 Å². The number of aryl methyl sites for hydroxylation is 2. The summed E-state index contributed by atoms with van der Waals surface area (Å²) in [4.78, 5) is 14.7. The van der Waals surface area contributed by atoms with Gasteiger partial charge in [0.2, 0.25) is 15.9 Å². The molecular formula is C25H35N3O3S. The number of anilines is 2. The summed E-state index contributed by atoms with van der Waals surface area (Å²) < 4.78 is 26.0. The van der Waals surface area contributed by atoms with Gasteiger partial charge in [0, 0.05) is 37.8 Å². The van der Waals surface area contributed by atoms with Crippen LogP contribution in [-0.4, -0.2) is 46.3 Å². The lowest BCUT2D eigenvalue weighted by Crippen LogP contribution is -2.34. The Balaban J connectivity index is 1.43. The van der Waals surface area contributed by atoms with Gasteiger partial charge in [0.25, 0.3) is 0 Å². The van der Waals surface area contributed by atoms with Crippen LogP contribution in [0.15, 0.2) is 42.5 Å². The average Bonchev–Trinajstić information content (AvgIpc) is 3.02. The molecule has 0 aromatic heterocycles. The largest absolute Gasteiger partial charge is 0.368 e. The third-order valence-electron chi connectivity index (χ3n) is 5.91. The highest BCUT2D eigenvalue weighted by molar-refractivity contribution is 7.92. The molecule has 1 heterocycles. The van der Waals surface area contributed by atoms with Crippen molar-refractivity contribution in [1.82, 2.24) is 5.32 Å². The van der Waals surface area contributed by atoms with Crippen molar-refractivity contribution in [1.29, 1.82) is 0 Å². The van der Waals surface area contributed by atoms with Crippen LogP contribution < -0.4 is 14.5 Å². The van der Waals surface area contributed by atoms with Crippen LogP contribution in [0.5, 0.6) is 0 Å². The van der Waals surface area contributed by atoms with E-state index in [0.29, 0.717) is 31.1 Å². The second-order valence-electron chi connectivity index (χ2n) is 8.86. The fraction of sp³-hybridized carbons (Fsp3) is 0.480. The first-order chi connectivity index (χ1) is 15.1. The molecule has 1 aliphatic heterocycles. The van der Waals surface area contributed by atoms with E-state index in [9.17, 15) is 13.2 Å². The van der Waals surface area contributed by atoms with Crippen molar-refractivity contribution in [2.45, 2.75) is 52.5 Å². The van der Waals surface area contributed by atoms with Crippen molar-refractivity contribution in [3.8, 4) is 0 Å². The number of rotatable bonds is 10. The lowest BCUT2D eigenvalue weighted by molar-refractivity contribution is -0.121. The quantitative estimate of drug-likeness (QED) is 0.551. The standard InChI is InChI=1S/C25H35N3O3S/c1-19-15-20(2)17-23(16-19)28(32(4,30)31)14-7-11-25(29)26-12-8-13-27-21(3)18-22-9-5-6-10-24(22)27/h5-6,9-10,15-17,21H,7-8,11-14,18H2,1-4H3,(H,26,29)/t21-/m1/s1. The van der Waals surface area contributed by atoms with Crippen LogP contribution in [0, 0.1) is 13.8 Å². The van der Waals surface area contributed by atoms with Crippen LogP contribution in [0.25, 0.3) is 0 Å². The van der Waals surface area contributed by atoms with Crippen LogP contribution >= 0.6 is 0 Å².